The second kappa shape index (κ2) is 5.75. The summed E-state index contributed by atoms with van der Waals surface area (Å²) in [6.07, 6.45) is 0. The van der Waals surface area contributed by atoms with E-state index >= 15 is 0 Å². The van der Waals surface area contributed by atoms with Crippen LogP contribution in [0, 0.1) is 10.1 Å². The summed E-state index contributed by atoms with van der Waals surface area (Å²) in [5, 5.41) is 13.7. The lowest BCUT2D eigenvalue weighted by Crippen LogP contribution is -2.55. The molecule has 112 valence electrons. The van der Waals surface area contributed by atoms with Crippen LogP contribution in [0.25, 0.3) is 0 Å². The van der Waals surface area contributed by atoms with Gasteiger partial charge in [0.05, 0.1) is 4.92 Å². The Kier molecular flexibility index (Phi) is 4.03. The molecule has 1 aromatic rings. The van der Waals surface area contributed by atoms with E-state index in [1.54, 1.807) is 6.92 Å². The number of carbonyl (C=O) groups is 2. The summed E-state index contributed by atoms with van der Waals surface area (Å²) >= 11 is 0. The largest absolute Gasteiger partial charge is 0.353 e. The number of rotatable bonds is 3. The van der Waals surface area contributed by atoms with Gasteiger partial charge in [0.2, 0.25) is 5.91 Å². The molecule has 1 unspecified atom stereocenters. The third kappa shape index (κ3) is 2.77. The molecule has 0 saturated carbocycles. The molecule has 0 spiro atoms. The predicted molar refractivity (Wildman–Crippen MR) is 74.4 cm³/mol. The molecule has 0 aliphatic carbocycles. The molecule has 4 N–H and O–H groups in total. The van der Waals surface area contributed by atoms with E-state index in [1.165, 1.54) is 23.1 Å². The molecule has 2 amide bonds. The minimum Gasteiger partial charge on any atom is -0.353 e. The number of benzene rings is 1. The third-order valence-corrected chi connectivity index (χ3v) is 3.35. The first-order valence-corrected chi connectivity index (χ1v) is 6.29. The number of nitrogens with one attached hydrogen (secondary N) is 2. The van der Waals surface area contributed by atoms with Crippen molar-refractivity contribution in [2.24, 2.45) is 5.84 Å². The number of nitrogen functional groups attached to an aromatic ring is 1. The van der Waals surface area contributed by atoms with Gasteiger partial charge in [0.1, 0.15) is 11.6 Å². The van der Waals surface area contributed by atoms with Crippen molar-refractivity contribution in [3.05, 3.63) is 33.9 Å². The second-order valence-electron chi connectivity index (χ2n) is 4.60. The number of hydrogen-bond acceptors (Lipinski definition) is 6. The van der Waals surface area contributed by atoms with Crippen LogP contribution >= 0.6 is 0 Å². The summed E-state index contributed by atoms with van der Waals surface area (Å²) in [7, 11) is 0. The number of amides is 2. The Morgan fingerprint density at radius 1 is 1.57 bits per heavy atom. The molecule has 1 aromatic carbocycles. The maximum Gasteiger partial charge on any atom is 0.282 e. The fourth-order valence-electron chi connectivity index (χ4n) is 2.17. The maximum atomic E-state index is 12.5. The van der Waals surface area contributed by atoms with Crippen LogP contribution in [0.2, 0.25) is 0 Å². The average molecular weight is 293 g/mol. The zero-order valence-corrected chi connectivity index (χ0v) is 11.3. The fraction of sp³-hybridized carbons (Fsp3) is 0.333. The highest BCUT2D eigenvalue weighted by Gasteiger charge is 2.33. The van der Waals surface area contributed by atoms with Crippen molar-refractivity contribution < 1.29 is 14.5 Å². The first kappa shape index (κ1) is 14.7. The highest BCUT2D eigenvalue weighted by Crippen LogP contribution is 2.25. The molecule has 1 saturated heterocycles. The van der Waals surface area contributed by atoms with Crippen molar-refractivity contribution in [3.63, 3.8) is 0 Å². The van der Waals surface area contributed by atoms with Crippen molar-refractivity contribution in [2.45, 2.75) is 13.0 Å². The molecule has 9 nitrogen and oxygen atoms in total. The number of nitro benzene ring substituents is 1. The smallest absolute Gasteiger partial charge is 0.282 e. The summed E-state index contributed by atoms with van der Waals surface area (Å²) in [5.41, 5.74) is 2.29. The van der Waals surface area contributed by atoms with Crippen molar-refractivity contribution in [3.8, 4) is 0 Å². The molecule has 1 aliphatic heterocycles. The van der Waals surface area contributed by atoms with E-state index in [0.717, 1.165) is 0 Å². The van der Waals surface area contributed by atoms with Crippen LogP contribution in [0.15, 0.2) is 18.2 Å². The normalized spacial score (nSPS) is 18.1. The molecular weight excluding hydrogens is 278 g/mol. The number of hydrazine groups is 1. The minimum atomic E-state index is -0.680. The lowest BCUT2D eigenvalue weighted by molar-refractivity contribution is -0.385. The Morgan fingerprint density at radius 3 is 2.90 bits per heavy atom. The van der Waals surface area contributed by atoms with E-state index in [4.69, 9.17) is 5.84 Å². The van der Waals surface area contributed by atoms with Crippen molar-refractivity contribution in [2.75, 3.05) is 18.5 Å². The summed E-state index contributed by atoms with van der Waals surface area (Å²) in [4.78, 5) is 35.9. The molecule has 1 aliphatic rings. The summed E-state index contributed by atoms with van der Waals surface area (Å²) in [5.74, 6) is 4.41. The van der Waals surface area contributed by atoms with E-state index in [9.17, 15) is 19.7 Å². The fourth-order valence-corrected chi connectivity index (χ4v) is 2.17. The van der Waals surface area contributed by atoms with Crippen LogP contribution in [-0.2, 0) is 4.79 Å². The van der Waals surface area contributed by atoms with Crippen LogP contribution in [0.1, 0.15) is 17.3 Å². The van der Waals surface area contributed by atoms with Gasteiger partial charge in [-0.05, 0) is 19.1 Å². The molecular formula is C12H15N5O4. The molecule has 0 radical (unpaired) electrons. The number of carbonyl (C=O) groups excluding carboxylic acids is 2. The van der Waals surface area contributed by atoms with Crippen LogP contribution in [0.4, 0.5) is 11.4 Å². The monoisotopic (exact) mass is 293 g/mol. The van der Waals surface area contributed by atoms with E-state index in [0.29, 0.717) is 18.8 Å². The molecule has 2 rings (SSSR count). The topological polar surface area (TPSA) is 131 Å². The van der Waals surface area contributed by atoms with Crippen LogP contribution in [0.3, 0.4) is 0 Å². The molecule has 0 bridgehead atoms. The standard InChI is InChI=1S/C12H15N5O4/c1-7-11(18)14-4-5-16(7)12(19)9-6-8(15-13)2-3-10(9)17(20)21/h2-3,6-7,15H,4-5,13H2,1H3,(H,14,18). The van der Waals surface area contributed by atoms with Crippen molar-refractivity contribution in [1.82, 2.24) is 10.2 Å². The first-order chi connectivity index (χ1) is 9.95. The molecule has 0 aromatic heterocycles. The third-order valence-electron chi connectivity index (χ3n) is 3.35. The van der Waals surface area contributed by atoms with E-state index in [-0.39, 0.29) is 17.2 Å². The van der Waals surface area contributed by atoms with Gasteiger partial charge >= 0.3 is 0 Å². The van der Waals surface area contributed by atoms with Gasteiger partial charge in [0.25, 0.3) is 11.6 Å². The van der Waals surface area contributed by atoms with Gasteiger partial charge in [-0.15, -0.1) is 0 Å². The quantitative estimate of drug-likeness (QED) is 0.403. The van der Waals surface area contributed by atoms with Crippen LogP contribution in [0.5, 0.6) is 0 Å². The average Bonchev–Trinajstić information content (AvgIpc) is 2.48. The van der Waals surface area contributed by atoms with Gasteiger partial charge < -0.3 is 15.6 Å². The number of nitro groups is 1. The SMILES string of the molecule is CC1C(=O)NCCN1C(=O)c1cc(NN)ccc1[N+](=O)[O-]. The number of anilines is 1. The van der Waals surface area contributed by atoms with E-state index in [2.05, 4.69) is 10.7 Å². The predicted octanol–water partition coefficient (Wildman–Crippen LogP) is -0.159. The Morgan fingerprint density at radius 2 is 2.29 bits per heavy atom. The van der Waals surface area contributed by atoms with E-state index < -0.39 is 16.9 Å². The first-order valence-electron chi connectivity index (χ1n) is 6.29. The van der Waals surface area contributed by atoms with Crippen LogP contribution < -0.4 is 16.6 Å². The highest BCUT2D eigenvalue weighted by atomic mass is 16.6. The lowest BCUT2D eigenvalue weighted by Gasteiger charge is -2.32. The Labute approximate surface area is 120 Å². The molecule has 21 heavy (non-hydrogen) atoms. The van der Waals surface area contributed by atoms with E-state index in [1.807, 2.05) is 0 Å². The number of piperazine rings is 1. The van der Waals surface area contributed by atoms with Gasteiger partial charge in [-0.3, -0.25) is 25.5 Å². The minimum absolute atomic E-state index is 0.1000. The van der Waals surface area contributed by atoms with Crippen LogP contribution in [-0.4, -0.2) is 40.8 Å². The highest BCUT2D eigenvalue weighted by molar-refractivity contribution is 6.01. The van der Waals surface area contributed by atoms with Crippen molar-refractivity contribution >= 4 is 23.2 Å². The molecule has 9 heteroatoms. The second-order valence-corrected chi connectivity index (χ2v) is 4.60. The van der Waals surface area contributed by atoms with Gasteiger partial charge in [-0.1, -0.05) is 0 Å². The number of nitrogens with two attached hydrogens (primary N) is 1. The molecule has 1 atom stereocenters. The molecule has 1 fully saturated rings. The summed E-state index contributed by atoms with van der Waals surface area (Å²) in [6.45, 7) is 2.18. The Hall–Kier alpha value is -2.68. The summed E-state index contributed by atoms with van der Waals surface area (Å²) < 4.78 is 0. The maximum absolute atomic E-state index is 12.5. The van der Waals surface area contributed by atoms with Gasteiger partial charge in [-0.2, -0.15) is 0 Å². The lowest BCUT2D eigenvalue weighted by atomic mass is 10.1. The number of nitrogens with zero attached hydrogens (tertiary/aromatic N) is 2. The van der Waals surface area contributed by atoms with Gasteiger partial charge in [-0.25, -0.2) is 0 Å². The zero-order chi connectivity index (χ0) is 15.6. The van der Waals surface area contributed by atoms with Gasteiger partial charge in [0, 0.05) is 24.8 Å². The van der Waals surface area contributed by atoms with Gasteiger partial charge in [0.15, 0.2) is 0 Å². The summed E-state index contributed by atoms with van der Waals surface area (Å²) in [6, 6.07) is 3.23. The Bertz CT molecular complexity index is 603. The van der Waals surface area contributed by atoms with Crippen molar-refractivity contribution in [1.29, 1.82) is 0 Å². The zero-order valence-electron chi connectivity index (χ0n) is 11.3. The Balaban J connectivity index is 2.41. The number of hydrogen-bond donors (Lipinski definition) is 3. The molecule has 1 heterocycles.